The van der Waals surface area contributed by atoms with Crippen LogP contribution in [-0.2, 0) is 0 Å². The SMILES string of the molecule is Cc1scc(-c2n[nH]c(=S)n2C2CCCCC2)c1C. The van der Waals surface area contributed by atoms with Gasteiger partial charge in [-0.25, -0.2) is 0 Å². The van der Waals surface area contributed by atoms with Gasteiger partial charge in [0.05, 0.1) is 0 Å². The summed E-state index contributed by atoms with van der Waals surface area (Å²) >= 11 is 7.24. The largest absolute Gasteiger partial charge is 0.297 e. The fourth-order valence-electron chi connectivity index (χ4n) is 2.91. The van der Waals surface area contributed by atoms with Crippen molar-refractivity contribution < 1.29 is 0 Å². The molecular formula is C14H19N3S2. The summed E-state index contributed by atoms with van der Waals surface area (Å²) in [5.41, 5.74) is 2.57. The van der Waals surface area contributed by atoms with Gasteiger partial charge in [0.25, 0.3) is 0 Å². The van der Waals surface area contributed by atoms with Crippen molar-refractivity contribution in [1.82, 2.24) is 14.8 Å². The standard InChI is InChI=1S/C14H19N3S2/c1-9-10(2)19-8-12(9)13-15-16-14(18)17(13)11-6-4-3-5-7-11/h8,11H,3-7H2,1-2H3,(H,16,18). The van der Waals surface area contributed by atoms with Gasteiger partial charge in [-0.3, -0.25) is 9.67 Å². The summed E-state index contributed by atoms with van der Waals surface area (Å²) < 4.78 is 3.02. The van der Waals surface area contributed by atoms with Crippen LogP contribution in [0.4, 0.5) is 0 Å². The Morgan fingerprint density at radius 3 is 2.68 bits per heavy atom. The van der Waals surface area contributed by atoms with Crippen LogP contribution < -0.4 is 0 Å². The number of aromatic nitrogens is 3. The molecule has 5 heteroatoms. The van der Waals surface area contributed by atoms with E-state index < -0.39 is 0 Å². The van der Waals surface area contributed by atoms with Crippen LogP contribution in [0, 0.1) is 18.6 Å². The smallest absolute Gasteiger partial charge is 0.195 e. The second-order valence-corrected chi connectivity index (χ2v) is 6.82. The molecule has 3 nitrogen and oxygen atoms in total. The first kappa shape index (κ1) is 13.1. The van der Waals surface area contributed by atoms with E-state index >= 15 is 0 Å². The Hall–Kier alpha value is -0.940. The number of H-pyrrole nitrogens is 1. The Morgan fingerprint density at radius 1 is 1.32 bits per heavy atom. The number of aromatic amines is 1. The van der Waals surface area contributed by atoms with Crippen LogP contribution in [0.15, 0.2) is 5.38 Å². The molecular weight excluding hydrogens is 274 g/mol. The van der Waals surface area contributed by atoms with Crippen molar-refractivity contribution in [2.45, 2.75) is 52.0 Å². The minimum atomic E-state index is 0.523. The van der Waals surface area contributed by atoms with Gasteiger partial charge in [-0.05, 0) is 44.5 Å². The number of rotatable bonds is 2. The molecule has 1 N–H and O–H groups in total. The minimum Gasteiger partial charge on any atom is -0.297 e. The first-order chi connectivity index (χ1) is 9.18. The van der Waals surface area contributed by atoms with E-state index in [2.05, 4.69) is 34.0 Å². The molecule has 1 saturated carbocycles. The molecule has 1 aliphatic carbocycles. The average molecular weight is 293 g/mol. The van der Waals surface area contributed by atoms with Gasteiger partial charge < -0.3 is 0 Å². The molecule has 0 unspecified atom stereocenters. The van der Waals surface area contributed by atoms with Crippen LogP contribution in [0.25, 0.3) is 11.4 Å². The molecule has 0 amide bonds. The van der Waals surface area contributed by atoms with Crippen LogP contribution in [-0.4, -0.2) is 14.8 Å². The van der Waals surface area contributed by atoms with Crippen LogP contribution in [0.2, 0.25) is 0 Å². The minimum absolute atomic E-state index is 0.523. The van der Waals surface area contributed by atoms with Crippen molar-refractivity contribution >= 4 is 23.6 Å². The number of hydrogen-bond donors (Lipinski definition) is 1. The van der Waals surface area contributed by atoms with Crippen molar-refractivity contribution in [3.8, 4) is 11.4 Å². The van der Waals surface area contributed by atoms with Gasteiger partial charge in [0.15, 0.2) is 10.6 Å². The summed E-state index contributed by atoms with van der Waals surface area (Å²) in [6.45, 7) is 4.33. The molecule has 2 heterocycles. The summed E-state index contributed by atoms with van der Waals surface area (Å²) in [5.74, 6) is 1.03. The van der Waals surface area contributed by atoms with Crippen molar-refractivity contribution in [2.75, 3.05) is 0 Å². The third-order valence-corrected chi connectivity index (χ3v) is 5.47. The number of thiophene rings is 1. The lowest BCUT2D eigenvalue weighted by Gasteiger charge is -2.24. The van der Waals surface area contributed by atoms with E-state index in [-0.39, 0.29) is 0 Å². The topological polar surface area (TPSA) is 33.6 Å². The molecule has 102 valence electrons. The fraction of sp³-hybridized carbons (Fsp3) is 0.571. The molecule has 1 aliphatic rings. The second kappa shape index (κ2) is 5.21. The molecule has 0 radical (unpaired) electrons. The summed E-state index contributed by atoms with van der Waals surface area (Å²) in [5, 5.41) is 9.68. The van der Waals surface area contributed by atoms with E-state index in [1.807, 2.05) is 0 Å². The number of hydrogen-bond acceptors (Lipinski definition) is 3. The predicted octanol–water partition coefficient (Wildman–Crippen LogP) is 4.79. The summed E-state index contributed by atoms with van der Waals surface area (Å²) in [6.07, 6.45) is 6.41. The van der Waals surface area contributed by atoms with Gasteiger partial charge in [0.1, 0.15) is 0 Å². The van der Waals surface area contributed by atoms with Crippen LogP contribution in [0.5, 0.6) is 0 Å². The van der Waals surface area contributed by atoms with Gasteiger partial charge in [0.2, 0.25) is 0 Å². The Balaban J connectivity index is 2.07. The molecule has 3 rings (SSSR count). The van der Waals surface area contributed by atoms with E-state index in [1.165, 1.54) is 48.1 Å². The third-order valence-electron chi connectivity index (χ3n) is 4.17. The molecule has 2 aromatic heterocycles. The Labute approximate surface area is 122 Å². The van der Waals surface area contributed by atoms with E-state index in [0.717, 1.165) is 10.6 Å². The zero-order chi connectivity index (χ0) is 13.4. The Kier molecular flexibility index (Phi) is 3.58. The summed E-state index contributed by atoms with van der Waals surface area (Å²) in [7, 11) is 0. The highest BCUT2D eigenvalue weighted by atomic mass is 32.1. The van der Waals surface area contributed by atoms with Gasteiger partial charge in [-0.1, -0.05) is 19.3 Å². The summed E-state index contributed by atoms with van der Waals surface area (Å²) in [4.78, 5) is 1.36. The van der Waals surface area contributed by atoms with E-state index in [4.69, 9.17) is 12.2 Å². The zero-order valence-corrected chi connectivity index (χ0v) is 13.0. The maximum absolute atomic E-state index is 5.45. The maximum atomic E-state index is 5.45. The van der Waals surface area contributed by atoms with E-state index in [0.29, 0.717) is 6.04 Å². The number of nitrogens with one attached hydrogen (secondary N) is 1. The monoisotopic (exact) mass is 293 g/mol. The summed E-state index contributed by atoms with van der Waals surface area (Å²) in [6, 6.07) is 0.523. The molecule has 0 aliphatic heterocycles. The van der Waals surface area contributed by atoms with Crippen molar-refractivity contribution in [2.24, 2.45) is 0 Å². The Bertz CT molecular complexity index is 629. The average Bonchev–Trinajstić information content (AvgIpc) is 2.95. The molecule has 1 fully saturated rings. The van der Waals surface area contributed by atoms with Gasteiger partial charge in [-0.2, -0.15) is 5.10 Å². The first-order valence-corrected chi connectivity index (χ1v) is 8.19. The van der Waals surface area contributed by atoms with E-state index in [1.54, 1.807) is 11.3 Å². The van der Waals surface area contributed by atoms with E-state index in [9.17, 15) is 0 Å². The molecule has 0 aromatic carbocycles. The quantitative estimate of drug-likeness (QED) is 0.808. The van der Waals surface area contributed by atoms with Gasteiger partial charge in [0, 0.05) is 21.9 Å². The molecule has 0 saturated heterocycles. The first-order valence-electron chi connectivity index (χ1n) is 6.90. The highest BCUT2D eigenvalue weighted by Crippen LogP contribution is 2.35. The molecule has 2 aromatic rings. The second-order valence-electron chi connectivity index (χ2n) is 5.34. The van der Waals surface area contributed by atoms with Crippen LogP contribution in [0.1, 0.15) is 48.6 Å². The zero-order valence-electron chi connectivity index (χ0n) is 11.4. The maximum Gasteiger partial charge on any atom is 0.195 e. The fourth-order valence-corrected chi connectivity index (χ4v) is 4.05. The highest BCUT2D eigenvalue weighted by Gasteiger charge is 2.22. The Morgan fingerprint density at radius 2 is 2.05 bits per heavy atom. The lowest BCUT2D eigenvalue weighted by atomic mass is 9.95. The predicted molar refractivity (Wildman–Crippen MR) is 82.3 cm³/mol. The van der Waals surface area contributed by atoms with Crippen molar-refractivity contribution in [3.63, 3.8) is 0 Å². The molecule has 0 atom stereocenters. The normalized spacial score (nSPS) is 16.9. The van der Waals surface area contributed by atoms with Gasteiger partial charge >= 0.3 is 0 Å². The molecule has 0 bridgehead atoms. The molecule has 0 spiro atoms. The number of aryl methyl sites for hydroxylation is 1. The van der Waals surface area contributed by atoms with Gasteiger partial charge in [-0.15, -0.1) is 11.3 Å². The van der Waals surface area contributed by atoms with Crippen molar-refractivity contribution in [3.05, 3.63) is 20.6 Å². The van der Waals surface area contributed by atoms with Crippen molar-refractivity contribution in [1.29, 1.82) is 0 Å². The lowest BCUT2D eigenvalue weighted by Crippen LogP contribution is -2.14. The lowest BCUT2D eigenvalue weighted by molar-refractivity contribution is 0.352. The van der Waals surface area contributed by atoms with Crippen LogP contribution in [0.3, 0.4) is 0 Å². The highest BCUT2D eigenvalue weighted by molar-refractivity contribution is 7.71. The van der Waals surface area contributed by atoms with Crippen LogP contribution >= 0.6 is 23.6 Å². The molecule has 19 heavy (non-hydrogen) atoms. The number of nitrogens with zero attached hydrogens (tertiary/aromatic N) is 2. The third kappa shape index (κ3) is 2.30.